The molecule has 0 spiro atoms. The fraction of sp³-hybridized carbons (Fsp3) is 0.263. The molecule has 0 heterocycles. The van der Waals surface area contributed by atoms with E-state index in [0.29, 0.717) is 17.7 Å². The van der Waals surface area contributed by atoms with Gasteiger partial charge in [0, 0.05) is 17.7 Å². The lowest BCUT2D eigenvalue weighted by Crippen LogP contribution is -2.43. The fourth-order valence-electron chi connectivity index (χ4n) is 2.63. The van der Waals surface area contributed by atoms with Gasteiger partial charge in [-0.15, -0.1) is 0 Å². The highest BCUT2D eigenvalue weighted by molar-refractivity contribution is 5.99. The Morgan fingerprint density at radius 3 is 2.21 bits per heavy atom. The lowest BCUT2D eigenvalue weighted by molar-refractivity contribution is -0.142. The Kier molecular flexibility index (Phi) is 5.58. The summed E-state index contributed by atoms with van der Waals surface area (Å²) in [6.07, 6.45) is 0.337. The van der Waals surface area contributed by atoms with Crippen LogP contribution in [-0.2, 0) is 16.0 Å². The number of carbonyl (C=O) groups is 2. The third-order valence-corrected chi connectivity index (χ3v) is 3.92. The maximum atomic E-state index is 12.6. The number of nitrogens with two attached hydrogens (primary N) is 1. The number of carbonyl (C=O) groups excluding carboxylic acids is 2. The lowest BCUT2D eigenvalue weighted by atomic mass is 10.0. The van der Waals surface area contributed by atoms with E-state index in [2.05, 4.69) is 5.32 Å². The number of rotatable bonds is 5. The highest BCUT2D eigenvalue weighted by Crippen LogP contribution is 2.14. The number of nitrogen functional groups attached to an aromatic ring is 1. The van der Waals surface area contributed by atoms with Crippen LogP contribution in [0.5, 0.6) is 0 Å². The van der Waals surface area contributed by atoms with E-state index in [-0.39, 0.29) is 5.91 Å². The number of esters is 1. The number of benzene rings is 2. The van der Waals surface area contributed by atoms with Crippen molar-refractivity contribution in [3.05, 3.63) is 64.7 Å². The second-order valence-corrected chi connectivity index (χ2v) is 5.76. The Morgan fingerprint density at radius 2 is 1.67 bits per heavy atom. The molecule has 3 N–H and O–H groups in total. The Morgan fingerprint density at radius 1 is 1.08 bits per heavy atom. The minimum absolute atomic E-state index is 0.281. The first-order chi connectivity index (χ1) is 11.4. The van der Waals surface area contributed by atoms with Gasteiger partial charge in [0.1, 0.15) is 6.04 Å². The number of amides is 1. The van der Waals surface area contributed by atoms with Gasteiger partial charge in [-0.25, -0.2) is 4.79 Å². The molecule has 126 valence electrons. The molecule has 1 atom stereocenters. The average molecular weight is 326 g/mol. The summed E-state index contributed by atoms with van der Waals surface area (Å²) < 4.78 is 4.83. The average Bonchev–Trinajstić information content (AvgIpc) is 2.55. The summed E-state index contributed by atoms with van der Waals surface area (Å²) in [7, 11) is 1.31. The van der Waals surface area contributed by atoms with Gasteiger partial charge in [0.25, 0.3) is 5.91 Å². The molecule has 0 saturated heterocycles. The maximum absolute atomic E-state index is 12.6. The topological polar surface area (TPSA) is 81.4 Å². The molecule has 0 aromatic heterocycles. The van der Waals surface area contributed by atoms with E-state index < -0.39 is 12.0 Å². The monoisotopic (exact) mass is 326 g/mol. The molecule has 24 heavy (non-hydrogen) atoms. The quantitative estimate of drug-likeness (QED) is 0.653. The molecular formula is C19H22N2O3. The van der Waals surface area contributed by atoms with Gasteiger partial charge >= 0.3 is 5.97 Å². The van der Waals surface area contributed by atoms with Crippen LogP contribution >= 0.6 is 0 Å². The van der Waals surface area contributed by atoms with Gasteiger partial charge in [-0.1, -0.05) is 30.3 Å². The molecule has 0 bridgehead atoms. The number of ether oxygens (including phenoxy) is 1. The third-order valence-electron chi connectivity index (χ3n) is 3.92. The first-order valence-corrected chi connectivity index (χ1v) is 7.71. The number of aryl methyl sites for hydroxylation is 2. The van der Waals surface area contributed by atoms with Crippen molar-refractivity contribution in [2.75, 3.05) is 12.8 Å². The molecular weight excluding hydrogens is 304 g/mol. The molecule has 5 heteroatoms. The summed E-state index contributed by atoms with van der Waals surface area (Å²) in [4.78, 5) is 24.7. The molecule has 2 rings (SSSR count). The minimum Gasteiger partial charge on any atom is -0.467 e. The zero-order valence-corrected chi connectivity index (χ0v) is 14.1. The van der Waals surface area contributed by atoms with Crippen molar-refractivity contribution >= 4 is 17.6 Å². The number of nitrogens with one attached hydrogen (secondary N) is 1. The maximum Gasteiger partial charge on any atom is 0.328 e. The van der Waals surface area contributed by atoms with Crippen molar-refractivity contribution in [3.63, 3.8) is 0 Å². The predicted octanol–water partition coefficient (Wildman–Crippen LogP) is 2.40. The van der Waals surface area contributed by atoms with Crippen LogP contribution in [0.3, 0.4) is 0 Å². The number of hydrogen-bond acceptors (Lipinski definition) is 4. The van der Waals surface area contributed by atoms with E-state index in [9.17, 15) is 9.59 Å². The second-order valence-electron chi connectivity index (χ2n) is 5.76. The molecule has 1 amide bonds. The van der Waals surface area contributed by atoms with Gasteiger partial charge in [-0.05, 0) is 42.7 Å². The summed E-state index contributed by atoms with van der Waals surface area (Å²) in [6.45, 7) is 3.74. The van der Waals surface area contributed by atoms with Crippen LogP contribution < -0.4 is 11.1 Å². The van der Waals surface area contributed by atoms with Crippen LogP contribution in [0, 0.1) is 13.8 Å². The van der Waals surface area contributed by atoms with E-state index in [1.165, 1.54) is 7.11 Å². The van der Waals surface area contributed by atoms with E-state index in [0.717, 1.165) is 16.7 Å². The largest absolute Gasteiger partial charge is 0.467 e. The van der Waals surface area contributed by atoms with E-state index in [1.807, 2.05) is 44.2 Å². The predicted molar refractivity (Wildman–Crippen MR) is 93.7 cm³/mol. The van der Waals surface area contributed by atoms with E-state index >= 15 is 0 Å². The highest BCUT2D eigenvalue weighted by Gasteiger charge is 2.24. The first-order valence-electron chi connectivity index (χ1n) is 7.71. The Labute approximate surface area is 141 Å². The number of methoxy groups -OCH3 is 1. The zero-order valence-electron chi connectivity index (χ0n) is 14.1. The summed E-state index contributed by atoms with van der Waals surface area (Å²) in [5.41, 5.74) is 9.52. The first kappa shape index (κ1) is 17.5. The van der Waals surface area contributed by atoms with Gasteiger partial charge in [0.15, 0.2) is 0 Å². The second kappa shape index (κ2) is 7.64. The van der Waals surface area contributed by atoms with Crippen LogP contribution in [0.15, 0.2) is 42.5 Å². The molecule has 5 nitrogen and oxygen atoms in total. The number of hydrogen-bond donors (Lipinski definition) is 2. The van der Waals surface area contributed by atoms with Gasteiger partial charge in [0.2, 0.25) is 0 Å². The summed E-state index contributed by atoms with van der Waals surface area (Å²) in [6, 6.07) is 12.1. The van der Waals surface area contributed by atoms with Crippen molar-refractivity contribution in [3.8, 4) is 0 Å². The van der Waals surface area contributed by atoms with Crippen LogP contribution in [0.4, 0.5) is 5.69 Å². The summed E-state index contributed by atoms with van der Waals surface area (Å²) >= 11 is 0. The van der Waals surface area contributed by atoms with Gasteiger partial charge in [-0.2, -0.15) is 0 Å². The van der Waals surface area contributed by atoms with Crippen molar-refractivity contribution in [1.29, 1.82) is 0 Å². The van der Waals surface area contributed by atoms with Crippen molar-refractivity contribution in [2.45, 2.75) is 26.3 Å². The molecule has 0 saturated carbocycles. The van der Waals surface area contributed by atoms with Crippen LogP contribution in [-0.4, -0.2) is 25.0 Å². The standard InChI is InChI=1S/C19H22N2O3/c1-12-5-4-6-13(2)17(12)18(22)21-16(19(23)24-3)11-14-7-9-15(20)10-8-14/h4-10,16H,11,20H2,1-3H3,(H,21,22)/t16-/m0/s1. The number of anilines is 1. The fourth-order valence-corrected chi connectivity index (χ4v) is 2.63. The summed E-state index contributed by atoms with van der Waals surface area (Å²) in [5.74, 6) is -0.761. The molecule has 0 aliphatic heterocycles. The molecule has 0 unspecified atom stereocenters. The van der Waals surface area contributed by atoms with Crippen molar-refractivity contribution in [1.82, 2.24) is 5.32 Å². The minimum atomic E-state index is -0.759. The van der Waals surface area contributed by atoms with Crippen molar-refractivity contribution < 1.29 is 14.3 Å². The molecule has 0 radical (unpaired) electrons. The smallest absolute Gasteiger partial charge is 0.328 e. The van der Waals surface area contributed by atoms with Crippen molar-refractivity contribution in [2.24, 2.45) is 0 Å². The lowest BCUT2D eigenvalue weighted by Gasteiger charge is -2.18. The van der Waals surface area contributed by atoms with Gasteiger partial charge in [0.05, 0.1) is 7.11 Å². The molecule has 0 aliphatic carbocycles. The Bertz CT molecular complexity index is 719. The van der Waals surface area contributed by atoms with E-state index in [4.69, 9.17) is 10.5 Å². The van der Waals surface area contributed by atoms with E-state index in [1.54, 1.807) is 12.1 Å². The van der Waals surface area contributed by atoms with Gasteiger partial charge < -0.3 is 15.8 Å². The third kappa shape index (κ3) is 4.13. The van der Waals surface area contributed by atoms with Gasteiger partial charge in [-0.3, -0.25) is 4.79 Å². The van der Waals surface area contributed by atoms with Crippen LogP contribution in [0.2, 0.25) is 0 Å². The molecule has 0 fully saturated rings. The highest BCUT2D eigenvalue weighted by atomic mass is 16.5. The SMILES string of the molecule is COC(=O)[C@H](Cc1ccc(N)cc1)NC(=O)c1c(C)cccc1C. The zero-order chi connectivity index (χ0) is 17.7. The summed E-state index contributed by atoms with van der Waals surface area (Å²) in [5, 5.41) is 2.78. The molecule has 2 aromatic carbocycles. The Hall–Kier alpha value is -2.82. The normalized spacial score (nSPS) is 11.6. The van der Waals surface area contributed by atoms with Crippen LogP contribution in [0.25, 0.3) is 0 Å². The molecule has 2 aromatic rings. The Balaban J connectivity index is 2.21. The molecule has 0 aliphatic rings. The van der Waals surface area contributed by atoms with Crippen LogP contribution in [0.1, 0.15) is 27.0 Å².